The molecular formula is C10H16N4O. The minimum atomic E-state index is -0.0524. The van der Waals surface area contributed by atoms with Crippen LogP contribution in [0.1, 0.15) is 6.42 Å². The van der Waals surface area contributed by atoms with Gasteiger partial charge in [-0.15, -0.1) is 0 Å². The van der Waals surface area contributed by atoms with E-state index in [1.165, 1.54) is 0 Å². The summed E-state index contributed by atoms with van der Waals surface area (Å²) >= 11 is 0. The second-order valence-corrected chi connectivity index (χ2v) is 3.56. The van der Waals surface area contributed by atoms with Gasteiger partial charge in [-0.25, -0.2) is 0 Å². The summed E-state index contributed by atoms with van der Waals surface area (Å²) in [5.41, 5.74) is 6.76. The fourth-order valence-corrected chi connectivity index (χ4v) is 1.05. The van der Waals surface area contributed by atoms with Crippen LogP contribution in [0.2, 0.25) is 0 Å². The summed E-state index contributed by atoms with van der Waals surface area (Å²) in [4.78, 5) is 17.3. The smallest absolute Gasteiger partial charge is 0.225 e. The Hall–Kier alpha value is -1.62. The molecule has 0 bridgehead atoms. The van der Waals surface area contributed by atoms with Crippen LogP contribution in [0.5, 0.6) is 0 Å². The number of hydrogen-bond acceptors (Lipinski definition) is 4. The number of amides is 1. The van der Waals surface area contributed by atoms with Gasteiger partial charge in [-0.1, -0.05) is 0 Å². The molecule has 1 rings (SSSR count). The van der Waals surface area contributed by atoms with E-state index in [-0.39, 0.29) is 5.91 Å². The Morgan fingerprint density at radius 1 is 1.60 bits per heavy atom. The first-order chi connectivity index (χ1) is 7.09. The number of nitrogens with zero attached hydrogens (tertiary/aromatic N) is 2. The Labute approximate surface area is 89.3 Å². The van der Waals surface area contributed by atoms with Crippen LogP contribution in [-0.4, -0.2) is 36.4 Å². The summed E-state index contributed by atoms with van der Waals surface area (Å²) in [5.74, 6) is -0.0524. The van der Waals surface area contributed by atoms with Crippen LogP contribution in [0.4, 0.5) is 11.4 Å². The third kappa shape index (κ3) is 3.95. The molecule has 15 heavy (non-hydrogen) atoms. The molecule has 1 aromatic rings. The van der Waals surface area contributed by atoms with Crippen LogP contribution in [0.3, 0.4) is 0 Å². The van der Waals surface area contributed by atoms with Crippen molar-refractivity contribution in [2.45, 2.75) is 6.42 Å². The summed E-state index contributed by atoms with van der Waals surface area (Å²) in [5, 5.41) is 2.71. The molecule has 1 amide bonds. The third-order valence-corrected chi connectivity index (χ3v) is 1.91. The van der Waals surface area contributed by atoms with Crippen molar-refractivity contribution in [3.05, 3.63) is 18.5 Å². The Kier molecular flexibility index (Phi) is 4.05. The van der Waals surface area contributed by atoms with Gasteiger partial charge < -0.3 is 16.0 Å². The molecule has 0 saturated carbocycles. The van der Waals surface area contributed by atoms with Crippen molar-refractivity contribution >= 4 is 17.3 Å². The molecule has 0 aliphatic carbocycles. The molecule has 1 aromatic heterocycles. The molecule has 5 nitrogen and oxygen atoms in total. The Morgan fingerprint density at radius 2 is 2.33 bits per heavy atom. The number of nitrogens with one attached hydrogen (secondary N) is 1. The topological polar surface area (TPSA) is 71.2 Å². The van der Waals surface area contributed by atoms with Gasteiger partial charge in [0.15, 0.2) is 0 Å². The van der Waals surface area contributed by atoms with Crippen molar-refractivity contribution in [3.63, 3.8) is 0 Å². The predicted molar refractivity (Wildman–Crippen MR) is 60.5 cm³/mol. The highest BCUT2D eigenvalue weighted by Gasteiger charge is 2.05. The van der Waals surface area contributed by atoms with Gasteiger partial charge in [0.25, 0.3) is 0 Å². The number of hydrogen-bond donors (Lipinski definition) is 2. The maximum absolute atomic E-state index is 11.4. The second kappa shape index (κ2) is 5.31. The average molecular weight is 208 g/mol. The summed E-state index contributed by atoms with van der Waals surface area (Å²) < 4.78 is 0. The van der Waals surface area contributed by atoms with E-state index in [1.807, 2.05) is 19.0 Å². The van der Waals surface area contributed by atoms with Crippen LogP contribution in [-0.2, 0) is 4.79 Å². The number of aromatic nitrogens is 1. The van der Waals surface area contributed by atoms with Crippen LogP contribution in [0.25, 0.3) is 0 Å². The number of pyridine rings is 1. The lowest BCUT2D eigenvalue weighted by molar-refractivity contribution is -0.116. The van der Waals surface area contributed by atoms with E-state index in [9.17, 15) is 4.79 Å². The van der Waals surface area contributed by atoms with Gasteiger partial charge in [0.1, 0.15) is 0 Å². The molecule has 0 atom stereocenters. The summed E-state index contributed by atoms with van der Waals surface area (Å²) in [6.45, 7) is 0.714. The molecule has 0 unspecified atom stereocenters. The number of nitrogen functional groups attached to an aromatic ring is 1. The number of nitrogens with two attached hydrogens (primary N) is 1. The highest BCUT2D eigenvalue weighted by atomic mass is 16.1. The maximum Gasteiger partial charge on any atom is 0.225 e. The number of carbonyl (C=O) groups is 1. The van der Waals surface area contributed by atoms with Gasteiger partial charge in [0, 0.05) is 19.2 Å². The molecule has 0 aliphatic heterocycles. The summed E-state index contributed by atoms with van der Waals surface area (Å²) in [7, 11) is 3.84. The van der Waals surface area contributed by atoms with Crippen molar-refractivity contribution < 1.29 is 4.79 Å². The minimum Gasteiger partial charge on any atom is -0.397 e. The zero-order valence-electron chi connectivity index (χ0n) is 9.03. The average Bonchev–Trinajstić information content (AvgIpc) is 2.18. The second-order valence-electron chi connectivity index (χ2n) is 3.56. The Morgan fingerprint density at radius 3 is 2.93 bits per heavy atom. The molecule has 1 heterocycles. The molecule has 0 saturated heterocycles. The fraction of sp³-hybridized carbons (Fsp3) is 0.400. The van der Waals surface area contributed by atoms with Crippen molar-refractivity contribution in [2.24, 2.45) is 0 Å². The van der Waals surface area contributed by atoms with Crippen molar-refractivity contribution in [3.8, 4) is 0 Å². The molecule has 3 N–H and O–H groups in total. The molecule has 5 heteroatoms. The first kappa shape index (κ1) is 11.5. The van der Waals surface area contributed by atoms with Gasteiger partial charge in [-0.2, -0.15) is 0 Å². The lowest BCUT2D eigenvalue weighted by Crippen LogP contribution is -2.21. The standard InChI is InChI=1S/C10H16N4O/c1-14(2)6-4-10(15)13-9-7-12-5-3-8(9)11/h3,5,7H,4,6H2,1-2H3,(H2,11,12)(H,13,15). The van der Waals surface area contributed by atoms with Crippen molar-refractivity contribution in [1.29, 1.82) is 0 Å². The molecule has 0 spiro atoms. The van der Waals surface area contributed by atoms with E-state index in [1.54, 1.807) is 18.5 Å². The van der Waals surface area contributed by atoms with E-state index in [4.69, 9.17) is 5.73 Å². The van der Waals surface area contributed by atoms with Gasteiger partial charge in [0.2, 0.25) is 5.91 Å². The van der Waals surface area contributed by atoms with Crippen molar-refractivity contribution in [1.82, 2.24) is 9.88 Å². The van der Waals surface area contributed by atoms with Gasteiger partial charge in [-0.05, 0) is 20.2 Å². The summed E-state index contributed by atoms with van der Waals surface area (Å²) in [6.07, 6.45) is 3.58. The number of rotatable bonds is 4. The van der Waals surface area contributed by atoms with Gasteiger partial charge in [-0.3, -0.25) is 9.78 Å². The molecule has 0 radical (unpaired) electrons. The fourth-order valence-electron chi connectivity index (χ4n) is 1.05. The zero-order valence-corrected chi connectivity index (χ0v) is 9.03. The van der Waals surface area contributed by atoms with Crippen LogP contribution in [0, 0.1) is 0 Å². The van der Waals surface area contributed by atoms with Gasteiger partial charge >= 0.3 is 0 Å². The summed E-state index contributed by atoms with van der Waals surface area (Å²) in [6, 6.07) is 1.65. The Bertz CT molecular complexity index is 338. The van der Waals surface area contributed by atoms with Crippen LogP contribution >= 0.6 is 0 Å². The SMILES string of the molecule is CN(C)CCC(=O)Nc1cnccc1N. The molecular weight excluding hydrogens is 192 g/mol. The van der Waals surface area contributed by atoms with Crippen LogP contribution in [0.15, 0.2) is 18.5 Å². The van der Waals surface area contributed by atoms with E-state index in [2.05, 4.69) is 10.3 Å². The lowest BCUT2D eigenvalue weighted by atomic mass is 10.3. The normalized spacial score (nSPS) is 10.3. The molecule has 0 aromatic carbocycles. The van der Waals surface area contributed by atoms with Crippen LogP contribution < -0.4 is 11.1 Å². The highest BCUT2D eigenvalue weighted by molar-refractivity contribution is 5.93. The predicted octanol–water partition coefficient (Wildman–Crippen LogP) is 0.554. The van der Waals surface area contributed by atoms with Gasteiger partial charge in [0.05, 0.1) is 17.6 Å². The van der Waals surface area contributed by atoms with E-state index >= 15 is 0 Å². The van der Waals surface area contributed by atoms with E-state index in [0.717, 1.165) is 0 Å². The largest absolute Gasteiger partial charge is 0.397 e. The minimum absolute atomic E-state index is 0.0524. The number of carbonyl (C=O) groups excluding carboxylic acids is 1. The quantitative estimate of drug-likeness (QED) is 0.758. The zero-order chi connectivity index (χ0) is 11.3. The Balaban J connectivity index is 2.48. The van der Waals surface area contributed by atoms with Crippen molar-refractivity contribution in [2.75, 3.05) is 31.7 Å². The molecule has 82 valence electrons. The third-order valence-electron chi connectivity index (χ3n) is 1.91. The lowest BCUT2D eigenvalue weighted by Gasteiger charge is -2.10. The van der Waals surface area contributed by atoms with E-state index < -0.39 is 0 Å². The number of anilines is 2. The monoisotopic (exact) mass is 208 g/mol. The highest BCUT2D eigenvalue weighted by Crippen LogP contribution is 2.14. The van der Waals surface area contributed by atoms with E-state index in [0.29, 0.717) is 24.3 Å². The maximum atomic E-state index is 11.4. The first-order valence-corrected chi connectivity index (χ1v) is 4.73. The first-order valence-electron chi connectivity index (χ1n) is 4.73. The molecule has 0 fully saturated rings. The molecule has 0 aliphatic rings.